The number of hydrogen-bond acceptors (Lipinski definition) is 4. The van der Waals surface area contributed by atoms with Gasteiger partial charge in [-0.3, -0.25) is 4.79 Å². The van der Waals surface area contributed by atoms with Crippen molar-refractivity contribution in [1.82, 2.24) is 0 Å². The Kier molecular flexibility index (Phi) is 5.06. The van der Waals surface area contributed by atoms with Crippen molar-refractivity contribution in [2.24, 2.45) is 5.92 Å². The Balaban J connectivity index is 1.84. The molecule has 1 unspecified atom stereocenters. The van der Waals surface area contributed by atoms with E-state index in [0.29, 0.717) is 17.4 Å². The molecular formula is C18H24O5. The molecule has 1 saturated carbocycles. The minimum atomic E-state index is -0.764. The number of carboxylic acids is 1. The molecule has 1 N–H and O–H groups in total. The summed E-state index contributed by atoms with van der Waals surface area (Å²) >= 11 is 0. The lowest BCUT2D eigenvalue weighted by molar-refractivity contribution is -0.137. The first-order valence-corrected chi connectivity index (χ1v) is 8.32. The number of carbonyl (C=O) groups is 1. The molecule has 1 heterocycles. The van der Waals surface area contributed by atoms with Crippen molar-refractivity contribution >= 4 is 5.97 Å². The molecule has 5 heteroatoms. The van der Waals surface area contributed by atoms with Crippen LogP contribution in [0.25, 0.3) is 0 Å². The second-order valence-corrected chi connectivity index (χ2v) is 6.35. The highest BCUT2D eigenvalue weighted by Crippen LogP contribution is 2.49. The summed E-state index contributed by atoms with van der Waals surface area (Å²) in [5.41, 5.74) is 0.960. The van der Waals surface area contributed by atoms with E-state index in [2.05, 4.69) is 0 Å². The van der Waals surface area contributed by atoms with Gasteiger partial charge in [0.15, 0.2) is 11.5 Å². The van der Waals surface area contributed by atoms with Crippen molar-refractivity contribution in [1.29, 1.82) is 0 Å². The van der Waals surface area contributed by atoms with Gasteiger partial charge in [-0.25, -0.2) is 0 Å². The molecular weight excluding hydrogens is 296 g/mol. The third-order valence-corrected chi connectivity index (χ3v) is 4.66. The van der Waals surface area contributed by atoms with Crippen LogP contribution in [0.15, 0.2) is 18.2 Å². The third-order valence-electron chi connectivity index (χ3n) is 4.66. The number of aliphatic carboxylic acids is 1. The summed E-state index contributed by atoms with van der Waals surface area (Å²) in [6.45, 7) is 1.44. The average Bonchev–Trinajstić information content (AvgIpc) is 3.38. The van der Waals surface area contributed by atoms with E-state index >= 15 is 0 Å². The normalized spacial score (nSPS) is 20.0. The van der Waals surface area contributed by atoms with Crippen molar-refractivity contribution in [3.8, 4) is 11.5 Å². The maximum absolute atomic E-state index is 11.2. The Morgan fingerprint density at radius 2 is 2.04 bits per heavy atom. The summed E-state index contributed by atoms with van der Waals surface area (Å²) in [6, 6.07) is 5.81. The van der Waals surface area contributed by atoms with Crippen molar-refractivity contribution in [3.63, 3.8) is 0 Å². The fourth-order valence-corrected chi connectivity index (χ4v) is 3.33. The van der Waals surface area contributed by atoms with Gasteiger partial charge in [0, 0.05) is 24.3 Å². The quantitative estimate of drug-likeness (QED) is 0.835. The van der Waals surface area contributed by atoms with Gasteiger partial charge in [-0.15, -0.1) is 0 Å². The number of para-hydroxylation sites is 1. The van der Waals surface area contributed by atoms with E-state index in [0.717, 1.165) is 44.5 Å². The number of rotatable bonds is 7. The number of hydrogen-bond donors (Lipinski definition) is 1. The van der Waals surface area contributed by atoms with Crippen molar-refractivity contribution in [2.75, 3.05) is 20.3 Å². The zero-order chi connectivity index (χ0) is 16.2. The number of ether oxygens (including phenoxy) is 3. The Morgan fingerprint density at radius 3 is 2.65 bits per heavy atom. The monoisotopic (exact) mass is 320 g/mol. The number of methoxy groups -OCH3 is 1. The van der Waals surface area contributed by atoms with Crippen molar-refractivity contribution in [2.45, 2.75) is 44.1 Å². The smallest absolute Gasteiger partial charge is 0.303 e. The highest BCUT2D eigenvalue weighted by atomic mass is 16.5. The molecule has 1 aromatic carbocycles. The van der Waals surface area contributed by atoms with Crippen molar-refractivity contribution in [3.05, 3.63) is 23.8 Å². The van der Waals surface area contributed by atoms with Crippen molar-refractivity contribution < 1.29 is 24.1 Å². The zero-order valence-corrected chi connectivity index (χ0v) is 13.5. The van der Waals surface area contributed by atoms with E-state index in [1.165, 1.54) is 0 Å². The van der Waals surface area contributed by atoms with Gasteiger partial charge in [-0.1, -0.05) is 12.1 Å². The molecule has 3 rings (SSSR count). The summed E-state index contributed by atoms with van der Waals surface area (Å²) in [7, 11) is 1.63. The highest BCUT2D eigenvalue weighted by molar-refractivity contribution is 5.69. The van der Waals surface area contributed by atoms with Crippen LogP contribution in [0, 0.1) is 5.92 Å². The molecule has 2 fully saturated rings. The Hall–Kier alpha value is -1.75. The van der Waals surface area contributed by atoms with Crippen LogP contribution in [0.3, 0.4) is 0 Å². The minimum Gasteiger partial charge on any atom is -0.493 e. The fourth-order valence-electron chi connectivity index (χ4n) is 3.33. The standard InChI is InChI=1S/C18H24O5/c1-21-18-14(15(11-17(19)20)12-5-6-12)3-2-4-16(18)23-13-7-9-22-10-8-13/h2-4,12-13,15H,5-11H2,1H3,(H,19,20). The number of carboxylic acid groups (broad SMARTS) is 1. The van der Waals surface area contributed by atoms with Crippen LogP contribution in [0.1, 0.15) is 43.6 Å². The van der Waals surface area contributed by atoms with E-state index in [-0.39, 0.29) is 18.4 Å². The topological polar surface area (TPSA) is 65.0 Å². The Morgan fingerprint density at radius 1 is 1.30 bits per heavy atom. The van der Waals surface area contributed by atoms with E-state index < -0.39 is 5.97 Å². The van der Waals surface area contributed by atoms with Crippen LogP contribution in [-0.2, 0) is 9.53 Å². The van der Waals surface area contributed by atoms with Gasteiger partial charge in [0.1, 0.15) is 6.10 Å². The second-order valence-electron chi connectivity index (χ2n) is 6.35. The molecule has 0 spiro atoms. The maximum Gasteiger partial charge on any atom is 0.303 e. The van der Waals surface area contributed by atoms with Crippen LogP contribution in [0.2, 0.25) is 0 Å². The van der Waals surface area contributed by atoms with Gasteiger partial charge in [0.05, 0.1) is 26.7 Å². The first kappa shape index (κ1) is 16.1. The molecule has 0 radical (unpaired) electrons. The van der Waals surface area contributed by atoms with Gasteiger partial charge >= 0.3 is 5.97 Å². The molecule has 0 bridgehead atoms. The van der Waals surface area contributed by atoms with E-state index in [4.69, 9.17) is 14.2 Å². The van der Waals surface area contributed by atoms with Gasteiger partial charge in [-0.2, -0.15) is 0 Å². The van der Waals surface area contributed by atoms with E-state index in [9.17, 15) is 9.90 Å². The van der Waals surface area contributed by atoms with Gasteiger partial charge in [0.25, 0.3) is 0 Å². The van der Waals surface area contributed by atoms with Crippen LogP contribution >= 0.6 is 0 Å². The van der Waals surface area contributed by atoms with Crippen LogP contribution in [0.5, 0.6) is 11.5 Å². The van der Waals surface area contributed by atoms with Crippen LogP contribution < -0.4 is 9.47 Å². The molecule has 1 aliphatic heterocycles. The molecule has 2 aliphatic rings. The van der Waals surface area contributed by atoms with Gasteiger partial charge < -0.3 is 19.3 Å². The Bertz CT molecular complexity index is 546. The lowest BCUT2D eigenvalue weighted by Crippen LogP contribution is -2.26. The van der Waals surface area contributed by atoms with E-state index in [1.54, 1.807) is 7.11 Å². The zero-order valence-electron chi connectivity index (χ0n) is 13.5. The third kappa shape index (κ3) is 3.96. The molecule has 1 aromatic rings. The molecule has 0 aromatic heterocycles. The Labute approximate surface area is 136 Å². The summed E-state index contributed by atoms with van der Waals surface area (Å²) in [6.07, 6.45) is 4.19. The molecule has 23 heavy (non-hydrogen) atoms. The highest BCUT2D eigenvalue weighted by Gasteiger charge is 2.36. The fraction of sp³-hybridized carbons (Fsp3) is 0.611. The number of benzene rings is 1. The van der Waals surface area contributed by atoms with E-state index in [1.807, 2.05) is 18.2 Å². The molecule has 126 valence electrons. The predicted octanol–water partition coefficient (Wildman–Crippen LogP) is 3.22. The molecule has 1 aliphatic carbocycles. The largest absolute Gasteiger partial charge is 0.493 e. The summed E-state index contributed by atoms with van der Waals surface area (Å²) in [4.78, 5) is 11.2. The summed E-state index contributed by atoms with van der Waals surface area (Å²) < 4.78 is 17.1. The first-order chi connectivity index (χ1) is 11.2. The lowest BCUT2D eigenvalue weighted by atomic mass is 9.90. The van der Waals surface area contributed by atoms with Crippen LogP contribution in [-0.4, -0.2) is 37.5 Å². The molecule has 1 atom stereocenters. The summed E-state index contributed by atoms with van der Waals surface area (Å²) in [5.74, 6) is 1.09. The molecule has 0 amide bonds. The average molecular weight is 320 g/mol. The summed E-state index contributed by atoms with van der Waals surface area (Å²) in [5, 5.41) is 9.23. The van der Waals surface area contributed by atoms with Gasteiger partial charge in [0.2, 0.25) is 0 Å². The SMILES string of the molecule is COc1c(OC2CCOCC2)cccc1C(CC(=O)O)C1CC1. The first-order valence-electron chi connectivity index (χ1n) is 8.32. The predicted molar refractivity (Wildman–Crippen MR) is 85.2 cm³/mol. The minimum absolute atomic E-state index is 0.000638. The van der Waals surface area contributed by atoms with Crippen LogP contribution in [0.4, 0.5) is 0 Å². The second kappa shape index (κ2) is 7.21. The molecule has 5 nitrogen and oxygen atoms in total. The molecule has 1 saturated heterocycles. The van der Waals surface area contributed by atoms with Gasteiger partial charge in [-0.05, 0) is 24.8 Å². The lowest BCUT2D eigenvalue weighted by Gasteiger charge is -2.26. The maximum atomic E-state index is 11.2.